The zero-order valence-corrected chi connectivity index (χ0v) is 18.4. The number of nitrogens with one attached hydrogen (secondary N) is 1. The number of hydrogen-bond acceptors (Lipinski definition) is 5. The van der Waals surface area contributed by atoms with Crippen LogP contribution in [-0.2, 0) is 17.8 Å². The quantitative estimate of drug-likeness (QED) is 0.615. The lowest BCUT2D eigenvalue weighted by Crippen LogP contribution is -2.39. The number of aromatic nitrogens is 3. The summed E-state index contributed by atoms with van der Waals surface area (Å²) in [5.74, 6) is 2.48. The fourth-order valence-corrected chi connectivity index (χ4v) is 4.22. The number of ether oxygens (including phenoxy) is 2. The van der Waals surface area contributed by atoms with E-state index in [9.17, 15) is 9.59 Å². The van der Waals surface area contributed by atoms with Crippen LogP contribution in [0.3, 0.4) is 0 Å². The van der Waals surface area contributed by atoms with Crippen molar-refractivity contribution in [3.05, 3.63) is 76.0 Å². The third-order valence-electron chi connectivity index (χ3n) is 6.03. The maximum absolute atomic E-state index is 12.8. The number of amides is 1. The molecule has 0 unspecified atom stereocenters. The maximum Gasteiger partial charge on any atom is 0.343 e. The van der Waals surface area contributed by atoms with Crippen molar-refractivity contribution in [2.45, 2.75) is 31.7 Å². The Bertz CT molecular complexity index is 1110. The lowest BCUT2D eigenvalue weighted by molar-refractivity contribution is -0.131. The average molecular weight is 437 g/mol. The van der Waals surface area contributed by atoms with Crippen LogP contribution < -0.4 is 15.2 Å². The Morgan fingerprint density at radius 3 is 2.47 bits per heavy atom. The van der Waals surface area contributed by atoms with Gasteiger partial charge in [0.05, 0.1) is 27.2 Å². The molecule has 8 nitrogen and oxygen atoms in total. The monoisotopic (exact) mass is 436 g/mol. The highest BCUT2D eigenvalue weighted by Gasteiger charge is 2.28. The van der Waals surface area contributed by atoms with E-state index in [-0.39, 0.29) is 17.5 Å². The second-order valence-corrected chi connectivity index (χ2v) is 7.96. The van der Waals surface area contributed by atoms with Crippen molar-refractivity contribution in [1.82, 2.24) is 19.7 Å². The first-order valence-corrected chi connectivity index (χ1v) is 10.8. The molecule has 2 heterocycles. The summed E-state index contributed by atoms with van der Waals surface area (Å²) in [5, 5.41) is 6.91. The van der Waals surface area contributed by atoms with E-state index in [0.717, 1.165) is 41.3 Å². The van der Waals surface area contributed by atoms with Gasteiger partial charge in [-0.25, -0.2) is 9.89 Å². The Balaban J connectivity index is 1.40. The molecule has 2 aromatic carbocycles. The lowest BCUT2D eigenvalue weighted by Gasteiger charge is -2.31. The molecule has 1 saturated heterocycles. The van der Waals surface area contributed by atoms with Crippen molar-refractivity contribution in [3.63, 3.8) is 0 Å². The van der Waals surface area contributed by atoms with Crippen LogP contribution >= 0.6 is 0 Å². The predicted molar refractivity (Wildman–Crippen MR) is 120 cm³/mol. The molecule has 0 atom stereocenters. The molecular weight excluding hydrogens is 408 g/mol. The Kier molecular flexibility index (Phi) is 6.58. The summed E-state index contributed by atoms with van der Waals surface area (Å²) in [5.41, 5.74) is 1.67. The van der Waals surface area contributed by atoms with Crippen LogP contribution in [0, 0.1) is 0 Å². The molecule has 32 heavy (non-hydrogen) atoms. The molecule has 1 aromatic heterocycles. The number of benzene rings is 2. The molecule has 8 heteroatoms. The van der Waals surface area contributed by atoms with E-state index in [0.29, 0.717) is 26.1 Å². The van der Waals surface area contributed by atoms with E-state index in [1.54, 1.807) is 18.8 Å². The zero-order valence-electron chi connectivity index (χ0n) is 18.4. The Morgan fingerprint density at radius 2 is 1.78 bits per heavy atom. The number of likely N-dealkylation sites (tertiary alicyclic amines) is 1. The van der Waals surface area contributed by atoms with Gasteiger partial charge in [-0.1, -0.05) is 30.3 Å². The number of rotatable bonds is 7. The normalized spacial score (nSPS) is 14.4. The standard InChI is InChI=1S/C24H28N4O4/c1-31-20-9-7-17(8-10-20)16-28-23(25-26-24(28)30)18-11-13-27(14-12-18)22(29)15-19-5-3-4-6-21(19)32-2/h3-10,18H,11-16H2,1-2H3,(H,26,30). The molecule has 1 aliphatic heterocycles. The summed E-state index contributed by atoms with van der Waals surface area (Å²) in [4.78, 5) is 27.1. The van der Waals surface area contributed by atoms with E-state index in [4.69, 9.17) is 9.47 Å². The minimum atomic E-state index is -0.217. The number of para-hydroxylation sites is 1. The van der Waals surface area contributed by atoms with Gasteiger partial charge in [-0.05, 0) is 36.6 Å². The van der Waals surface area contributed by atoms with Crippen LogP contribution in [0.15, 0.2) is 53.3 Å². The molecular formula is C24H28N4O4. The van der Waals surface area contributed by atoms with Gasteiger partial charge in [0, 0.05) is 24.6 Å². The van der Waals surface area contributed by atoms with Gasteiger partial charge in [0.25, 0.3) is 0 Å². The van der Waals surface area contributed by atoms with Gasteiger partial charge in [0.2, 0.25) is 5.91 Å². The molecule has 1 fully saturated rings. The summed E-state index contributed by atoms with van der Waals surface area (Å²) >= 11 is 0. The number of carbonyl (C=O) groups excluding carboxylic acids is 1. The van der Waals surface area contributed by atoms with Crippen LogP contribution in [0.1, 0.15) is 35.7 Å². The molecule has 1 amide bonds. The van der Waals surface area contributed by atoms with Crippen LogP contribution in [0.2, 0.25) is 0 Å². The molecule has 0 radical (unpaired) electrons. The van der Waals surface area contributed by atoms with E-state index in [1.165, 1.54) is 0 Å². The topological polar surface area (TPSA) is 89.4 Å². The highest BCUT2D eigenvalue weighted by molar-refractivity contribution is 5.79. The van der Waals surface area contributed by atoms with Crippen molar-refractivity contribution in [2.75, 3.05) is 27.3 Å². The first-order chi connectivity index (χ1) is 15.6. The highest BCUT2D eigenvalue weighted by Crippen LogP contribution is 2.27. The third-order valence-corrected chi connectivity index (χ3v) is 6.03. The molecule has 1 aliphatic rings. The SMILES string of the molecule is COc1ccc(Cn2c(C3CCN(C(=O)Cc4ccccc4OC)CC3)n[nH]c2=O)cc1. The van der Waals surface area contributed by atoms with Gasteiger partial charge in [0.15, 0.2) is 0 Å². The van der Waals surface area contributed by atoms with Crippen molar-refractivity contribution in [2.24, 2.45) is 0 Å². The number of nitrogens with zero attached hydrogens (tertiary/aromatic N) is 3. The summed E-state index contributed by atoms with van der Waals surface area (Å²) in [6.07, 6.45) is 1.86. The summed E-state index contributed by atoms with van der Waals surface area (Å²) in [7, 11) is 3.24. The van der Waals surface area contributed by atoms with Gasteiger partial charge >= 0.3 is 5.69 Å². The van der Waals surface area contributed by atoms with Crippen molar-refractivity contribution in [3.8, 4) is 11.5 Å². The van der Waals surface area contributed by atoms with Crippen LogP contribution in [0.25, 0.3) is 0 Å². The van der Waals surface area contributed by atoms with Gasteiger partial charge in [-0.3, -0.25) is 9.36 Å². The fraction of sp³-hybridized carbons (Fsp3) is 0.375. The number of aromatic amines is 1. The molecule has 1 N–H and O–H groups in total. The van der Waals surface area contributed by atoms with Crippen LogP contribution in [0.4, 0.5) is 0 Å². The Morgan fingerprint density at radius 1 is 1.06 bits per heavy atom. The lowest BCUT2D eigenvalue weighted by atomic mass is 9.95. The van der Waals surface area contributed by atoms with Gasteiger partial charge in [0.1, 0.15) is 17.3 Å². The van der Waals surface area contributed by atoms with E-state index in [1.807, 2.05) is 53.4 Å². The first-order valence-electron chi connectivity index (χ1n) is 10.8. The van der Waals surface area contributed by atoms with E-state index < -0.39 is 0 Å². The van der Waals surface area contributed by atoms with Crippen LogP contribution in [-0.4, -0.2) is 52.9 Å². The van der Waals surface area contributed by atoms with Gasteiger partial charge in [-0.2, -0.15) is 5.10 Å². The maximum atomic E-state index is 12.8. The van der Waals surface area contributed by atoms with Gasteiger partial charge < -0.3 is 14.4 Å². The molecule has 168 valence electrons. The number of H-pyrrole nitrogens is 1. The smallest absolute Gasteiger partial charge is 0.343 e. The number of methoxy groups -OCH3 is 2. The van der Waals surface area contributed by atoms with E-state index >= 15 is 0 Å². The Labute approximate surface area is 186 Å². The molecule has 0 aliphatic carbocycles. The molecule has 3 aromatic rings. The zero-order chi connectivity index (χ0) is 22.5. The minimum Gasteiger partial charge on any atom is -0.497 e. The second kappa shape index (κ2) is 9.72. The number of hydrogen-bond donors (Lipinski definition) is 1. The highest BCUT2D eigenvalue weighted by atomic mass is 16.5. The largest absolute Gasteiger partial charge is 0.497 e. The molecule has 0 bridgehead atoms. The van der Waals surface area contributed by atoms with Crippen molar-refractivity contribution < 1.29 is 14.3 Å². The van der Waals surface area contributed by atoms with E-state index in [2.05, 4.69) is 10.2 Å². The summed E-state index contributed by atoms with van der Waals surface area (Å²) < 4.78 is 12.3. The van der Waals surface area contributed by atoms with Crippen molar-refractivity contribution >= 4 is 5.91 Å². The number of piperidine rings is 1. The molecule has 4 rings (SSSR count). The Hall–Kier alpha value is -3.55. The number of carbonyl (C=O) groups is 1. The van der Waals surface area contributed by atoms with Crippen molar-refractivity contribution in [1.29, 1.82) is 0 Å². The predicted octanol–water partition coefficient (Wildman–Crippen LogP) is 2.59. The summed E-state index contributed by atoms with van der Waals surface area (Å²) in [6, 6.07) is 15.3. The third kappa shape index (κ3) is 4.69. The van der Waals surface area contributed by atoms with Crippen LogP contribution in [0.5, 0.6) is 11.5 Å². The molecule has 0 spiro atoms. The molecule has 0 saturated carbocycles. The average Bonchev–Trinajstić information content (AvgIpc) is 3.20. The second-order valence-electron chi connectivity index (χ2n) is 7.96. The summed E-state index contributed by atoms with van der Waals surface area (Å²) in [6.45, 7) is 1.73. The fourth-order valence-electron chi connectivity index (χ4n) is 4.22. The first kappa shape index (κ1) is 21.7. The van der Waals surface area contributed by atoms with Gasteiger partial charge in [-0.15, -0.1) is 0 Å². The minimum absolute atomic E-state index is 0.0885.